The van der Waals surface area contributed by atoms with Gasteiger partial charge >= 0.3 is 0 Å². The molecule has 0 saturated carbocycles. The molecule has 0 spiro atoms. The van der Waals surface area contributed by atoms with Crippen LogP contribution in [0.15, 0.2) is 59.1 Å². The Bertz CT molecular complexity index is 777. The number of nitrogens with one attached hydrogen (secondary N) is 1. The van der Waals surface area contributed by atoms with E-state index in [1.165, 1.54) is 36.2 Å². The van der Waals surface area contributed by atoms with Crippen LogP contribution >= 0.6 is 15.9 Å². The van der Waals surface area contributed by atoms with Gasteiger partial charge in [-0.3, -0.25) is 9.59 Å². The van der Waals surface area contributed by atoms with Gasteiger partial charge in [-0.2, -0.15) is 0 Å². The van der Waals surface area contributed by atoms with Gasteiger partial charge in [-0.15, -0.1) is 0 Å². The zero-order chi connectivity index (χ0) is 17.5. The van der Waals surface area contributed by atoms with Gasteiger partial charge in [0.1, 0.15) is 5.82 Å². The van der Waals surface area contributed by atoms with Gasteiger partial charge in [-0.1, -0.05) is 40.2 Å². The highest BCUT2D eigenvalue weighted by molar-refractivity contribution is 9.10. The van der Waals surface area contributed by atoms with Crippen molar-refractivity contribution in [2.24, 2.45) is 0 Å². The molecule has 0 saturated heterocycles. The zero-order valence-corrected chi connectivity index (χ0v) is 14.6. The Morgan fingerprint density at radius 3 is 2.67 bits per heavy atom. The highest BCUT2D eigenvalue weighted by Gasteiger charge is 2.11. The number of benzene rings is 2. The van der Waals surface area contributed by atoms with E-state index >= 15 is 0 Å². The molecule has 2 aromatic rings. The predicted molar refractivity (Wildman–Crippen MR) is 95.8 cm³/mol. The first kappa shape index (κ1) is 17.9. The van der Waals surface area contributed by atoms with Crippen molar-refractivity contribution in [1.82, 2.24) is 4.90 Å². The van der Waals surface area contributed by atoms with E-state index in [9.17, 15) is 14.0 Å². The second-order valence-corrected chi connectivity index (χ2v) is 5.96. The van der Waals surface area contributed by atoms with Crippen molar-refractivity contribution < 1.29 is 14.0 Å². The summed E-state index contributed by atoms with van der Waals surface area (Å²) in [6.45, 7) is -0.129. The molecule has 2 aromatic carbocycles. The third kappa shape index (κ3) is 5.31. The summed E-state index contributed by atoms with van der Waals surface area (Å²) in [7, 11) is 1.53. The Balaban J connectivity index is 1.91. The molecule has 0 radical (unpaired) electrons. The molecule has 0 atom stereocenters. The lowest BCUT2D eigenvalue weighted by Crippen LogP contribution is -2.33. The van der Waals surface area contributed by atoms with E-state index in [1.54, 1.807) is 12.1 Å². The average Bonchev–Trinajstić information content (AvgIpc) is 2.53. The van der Waals surface area contributed by atoms with E-state index in [2.05, 4.69) is 21.2 Å². The Labute approximate surface area is 148 Å². The van der Waals surface area contributed by atoms with Crippen LogP contribution in [0, 0.1) is 5.82 Å². The lowest BCUT2D eigenvalue weighted by molar-refractivity contribution is -0.129. The SMILES string of the molecule is CN(CC(=O)Nc1cccc(F)c1)C(=O)/C=C/c1ccccc1Br. The number of likely N-dealkylation sites (N-methyl/N-ethyl adjacent to an activating group) is 1. The smallest absolute Gasteiger partial charge is 0.246 e. The van der Waals surface area contributed by atoms with Crippen LogP contribution in [-0.4, -0.2) is 30.3 Å². The van der Waals surface area contributed by atoms with Gasteiger partial charge in [-0.25, -0.2) is 4.39 Å². The summed E-state index contributed by atoms with van der Waals surface area (Å²) in [6, 6.07) is 13.1. The second kappa shape index (κ2) is 8.40. The van der Waals surface area contributed by atoms with Gasteiger partial charge in [0, 0.05) is 23.3 Å². The monoisotopic (exact) mass is 390 g/mol. The Morgan fingerprint density at radius 2 is 1.96 bits per heavy atom. The summed E-state index contributed by atoms with van der Waals surface area (Å²) in [5.41, 5.74) is 1.22. The van der Waals surface area contributed by atoms with Crippen LogP contribution < -0.4 is 5.32 Å². The largest absolute Gasteiger partial charge is 0.333 e. The fourth-order valence-corrected chi connectivity index (χ4v) is 2.38. The summed E-state index contributed by atoms with van der Waals surface area (Å²) in [5.74, 6) is -1.14. The first-order valence-corrected chi connectivity index (χ1v) is 7.98. The topological polar surface area (TPSA) is 49.4 Å². The highest BCUT2D eigenvalue weighted by Crippen LogP contribution is 2.17. The van der Waals surface area contributed by atoms with E-state index in [0.717, 1.165) is 10.0 Å². The van der Waals surface area contributed by atoms with Crippen molar-refractivity contribution in [2.45, 2.75) is 0 Å². The minimum Gasteiger partial charge on any atom is -0.333 e. The molecule has 2 rings (SSSR count). The molecular formula is C18H16BrFN2O2. The summed E-state index contributed by atoms with van der Waals surface area (Å²) >= 11 is 3.40. The molecule has 2 amide bonds. The molecule has 0 aliphatic carbocycles. The summed E-state index contributed by atoms with van der Waals surface area (Å²) in [6.07, 6.45) is 3.07. The highest BCUT2D eigenvalue weighted by atomic mass is 79.9. The van der Waals surface area contributed by atoms with Crippen LogP contribution in [0.1, 0.15) is 5.56 Å². The molecule has 0 fully saturated rings. The first-order valence-electron chi connectivity index (χ1n) is 7.19. The van der Waals surface area contributed by atoms with E-state index in [4.69, 9.17) is 0 Å². The summed E-state index contributed by atoms with van der Waals surface area (Å²) in [4.78, 5) is 25.2. The molecule has 0 aliphatic rings. The second-order valence-electron chi connectivity index (χ2n) is 5.11. The van der Waals surface area contributed by atoms with E-state index in [1.807, 2.05) is 24.3 Å². The molecule has 0 aliphatic heterocycles. The van der Waals surface area contributed by atoms with Crippen molar-refractivity contribution in [2.75, 3.05) is 18.9 Å². The van der Waals surface area contributed by atoms with Crippen LogP contribution in [0.5, 0.6) is 0 Å². The molecule has 0 heterocycles. The lowest BCUT2D eigenvalue weighted by Gasteiger charge is -2.15. The van der Waals surface area contributed by atoms with E-state index in [-0.39, 0.29) is 12.5 Å². The lowest BCUT2D eigenvalue weighted by atomic mass is 10.2. The fraction of sp³-hybridized carbons (Fsp3) is 0.111. The number of nitrogens with zero attached hydrogens (tertiary/aromatic N) is 1. The molecular weight excluding hydrogens is 375 g/mol. The predicted octanol–water partition coefficient (Wildman–Crippen LogP) is 3.70. The molecule has 4 nitrogen and oxygen atoms in total. The molecule has 124 valence electrons. The number of carbonyl (C=O) groups is 2. The van der Waals surface area contributed by atoms with Gasteiger partial charge in [-0.05, 0) is 35.9 Å². The Kier molecular flexibility index (Phi) is 6.26. The van der Waals surface area contributed by atoms with Gasteiger partial charge in [0.25, 0.3) is 0 Å². The zero-order valence-electron chi connectivity index (χ0n) is 13.0. The molecule has 0 bridgehead atoms. The summed E-state index contributed by atoms with van der Waals surface area (Å²) < 4.78 is 13.9. The fourth-order valence-electron chi connectivity index (χ4n) is 1.96. The molecule has 0 unspecified atom stereocenters. The van der Waals surface area contributed by atoms with Gasteiger partial charge < -0.3 is 10.2 Å². The van der Waals surface area contributed by atoms with Crippen molar-refractivity contribution in [1.29, 1.82) is 0 Å². The minimum atomic E-state index is -0.436. The maximum absolute atomic E-state index is 13.1. The molecule has 1 N–H and O–H groups in total. The number of anilines is 1. The van der Waals surface area contributed by atoms with Crippen LogP contribution in [0.4, 0.5) is 10.1 Å². The van der Waals surface area contributed by atoms with E-state index < -0.39 is 11.7 Å². The van der Waals surface area contributed by atoms with E-state index in [0.29, 0.717) is 5.69 Å². The number of amides is 2. The normalized spacial score (nSPS) is 10.6. The van der Waals surface area contributed by atoms with Crippen molar-refractivity contribution in [3.63, 3.8) is 0 Å². The minimum absolute atomic E-state index is 0.129. The third-order valence-corrected chi connectivity index (χ3v) is 3.90. The Hall–Kier alpha value is -2.47. The maximum Gasteiger partial charge on any atom is 0.246 e. The molecule has 24 heavy (non-hydrogen) atoms. The molecule has 6 heteroatoms. The van der Waals surface area contributed by atoms with Crippen LogP contribution in [0.25, 0.3) is 6.08 Å². The number of hydrogen-bond donors (Lipinski definition) is 1. The summed E-state index contributed by atoms with van der Waals surface area (Å²) in [5, 5.41) is 2.55. The Morgan fingerprint density at radius 1 is 1.21 bits per heavy atom. The van der Waals surface area contributed by atoms with Gasteiger partial charge in [0.05, 0.1) is 6.54 Å². The van der Waals surface area contributed by atoms with Crippen molar-refractivity contribution in [3.8, 4) is 0 Å². The third-order valence-electron chi connectivity index (χ3n) is 3.18. The average molecular weight is 391 g/mol. The van der Waals surface area contributed by atoms with Crippen LogP contribution in [0.2, 0.25) is 0 Å². The van der Waals surface area contributed by atoms with Gasteiger partial charge in [0.15, 0.2) is 0 Å². The van der Waals surface area contributed by atoms with Crippen LogP contribution in [0.3, 0.4) is 0 Å². The standard InChI is InChI=1S/C18H16BrFN2O2/c1-22(12-17(23)21-15-7-4-6-14(20)11-15)18(24)10-9-13-5-2-3-8-16(13)19/h2-11H,12H2,1H3,(H,21,23)/b10-9+. The van der Waals surface area contributed by atoms with Crippen molar-refractivity contribution in [3.05, 3.63) is 70.5 Å². The number of halogens is 2. The number of hydrogen-bond acceptors (Lipinski definition) is 2. The van der Waals surface area contributed by atoms with Gasteiger partial charge in [0.2, 0.25) is 11.8 Å². The first-order chi connectivity index (χ1) is 11.5. The molecule has 0 aromatic heterocycles. The number of rotatable bonds is 5. The number of carbonyl (C=O) groups excluding carboxylic acids is 2. The van der Waals surface area contributed by atoms with Crippen LogP contribution in [-0.2, 0) is 9.59 Å². The van der Waals surface area contributed by atoms with Crippen molar-refractivity contribution >= 4 is 39.5 Å². The maximum atomic E-state index is 13.1. The quantitative estimate of drug-likeness (QED) is 0.791.